The van der Waals surface area contributed by atoms with Crippen LogP contribution in [0.5, 0.6) is 11.5 Å². The molecule has 146 valence electrons. The molecule has 0 bridgehead atoms. The van der Waals surface area contributed by atoms with E-state index in [0.717, 1.165) is 5.56 Å². The van der Waals surface area contributed by atoms with Gasteiger partial charge in [0.15, 0.2) is 18.1 Å². The number of rotatable bonds is 7. The number of carbonyl (C=O) groups excluding carboxylic acids is 3. The molecule has 0 fully saturated rings. The van der Waals surface area contributed by atoms with Gasteiger partial charge in [-0.1, -0.05) is 30.3 Å². The maximum atomic E-state index is 12.3. The highest BCUT2D eigenvalue weighted by molar-refractivity contribution is 5.93. The van der Waals surface area contributed by atoms with Crippen molar-refractivity contribution >= 4 is 23.6 Å². The van der Waals surface area contributed by atoms with Crippen LogP contribution >= 0.6 is 0 Å². The maximum absolute atomic E-state index is 12.3. The number of ether oxygens (including phenoxy) is 3. The fraction of sp³-hybridized carbons (Fsp3) is 0.211. The SMILES string of the molecule is NC(=O)N[C@@H](Cc1ccccc1)C(=O)OCC(=O)Nc1ccc2c(c1)OCO2. The molecule has 3 amide bonds. The smallest absolute Gasteiger partial charge is 0.329 e. The van der Waals surface area contributed by atoms with Crippen molar-refractivity contribution < 1.29 is 28.6 Å². The minimum absolute atomic E-state index is 0.125. The fourth-order valence-electron chi connectivity index (χ4n) is 2.62. The van der Waals surface area contributed by atoms with Crippen LogP contribution in [0.3, 0.4) is 0 Å². The van der Waals surface area contributed by atoms with Crippen molar-refractivity contribution in [3.8, 4) is 11.5 Å². The van der Waals surface area contributed by atoms with Crippen LogP contribution in [0.25, 0.3) is 0 Å². The second kappa shape index (κ2) is 8.76. The Balaban J connectivity index is 1.54. The summed E-state index contributed by atoms with van der Waals surface area (Å²) in [6, 6.07) is 12.1. The van der Waals surface area contributed by atoms with Gasteiger partial charge in [-0.05, 0) is 17.7 Å². The molecule has 0 saturated heterocycles. The van der Waals surface area contributed by atoms with E-state index in [4.69, 9.17) is 19.9 Å². The monoisotopic (exact) mass is 385 g/mol. The summed E-state index contributed by atoms with van der Waals surface area (Å²) < 4.78 is 15.5. The molecule has 28 heavy (non-hydrogen) atoms. The summed E-state index contributed by atoms with van der Waals surface area (Å²) in [5.74, 6) is -0.192. The lowest BCUT2D eigenvalue weighted by atomic mass is 10.1. The van der Waals surface area contributed by atoms with E-state index in [0.29, 0.717) is 17.2 Å². The van der Waals surface area contributed by atoms with E-state index in [9.17, 15) is 14.4 Å². The summed E-state index contributed by atoms with van der Waals surface area (Å²) in [7, 11) is 0. The average Bonchev–Trinajstić information content (AvgIpc) is 3.14. The first kappa shape index (κ1) is 19.0. The summed E-state index contributed by atoms with van der Waals surface area (Å²) in [6.07, 6.45) is 0.187. The Labute approximate surface area is 160 Å². The van der Waals surface area contributed by atoms with Crippen LogP contribution in [0.1, 0.15) is 5.56 Å². The van der Waals surface area contributed by atoms with Crippen molar-refractivity contribution in [2.24, 2.45) is 5.73 Å². The Morgan fingerprint density at radius 1 is 1.07 bits per heavy atom. The zero-order valence-corrected chi connectivity index (χ0v) is 14.8. The Kier molecular flexibility index (Phi) is 5.95. The van der Waals surface area contributed by atoms with E-state index < -0.39 is 30.6 Å². The third kappa shape index (κ3) is 5.13. The lowest BCUT2D eigenvalue weighted by Gasteiger charge is -2.16. The predicted octanol–water partition coefficient (Wildman–Crippen LogP) is 1.18. The van der Waals surface area contributed by atoms with Crippen molar-refractivity contribution in [3.63, 3.8) is 0 Å². The molecule has 0 unspecified atom stereocenters. The summed E-state index contributed by atoms with van der Waals surface area (Å²) in [5.41, 5.74) is 6.41. The number of anilines is 1. The maximum Gasteiger partial charge on any atom is 0.329 e. The first-order valence-electron chi connectivity index (χ1n) is 8.47. The number of nitrogens with one attached hydrogen (secondary N) is 2. The van der Waals surface area contributed by atoms with E-state index in [2.05, 4.69) is 10.6 Å². The zero-order valence-electron chi connectivity index (χ0n) is 14.8. The molecule has 2 aromatic carbocycles. The van der Waals surface area contributed by atoms with E-state index in [1.165, 1.54) is 0 Å². The Morgan fingerprint density at radius 2 is 1.82 bits per heavy atom. The Hall–Kier alpha value is -3.75. The molecule has 0 saturated carbocycles. The highest BCUT2D eigenvalue weighted by Gasteiger charge is 2.23. The van der Waals surface area contributed by atoms with Gasteiger partial charge in [-0.2, -0.15) is 0 Å². The third-order valence-corrected chi connectivity index (χ3v) is 3.89. The molecule has 1 atom stereocenters. The predicted molar refractivity (Wildman–Crippen MR) is 98.8 cm³/mol. The quantitative estimate of drug-likeness (QED) is 0.614. The van der Waals surface area contributed by atoms with Crippen LogP contribution in [0, 0.1) is 0 Å². The molecular weight excluding hydrogens is 366 g/mol. The molecule has 9 heteroatoms. The van der Waals surface area contributed by atoms with Crippen LogP contribution < -0.4 is 25.8 Å². The molecule has 1 aliphatic heterocycles. The van der Waals surface area contributed by atoms with Gasteiger partial charge in [0.25, 0.3) is 5.91 Å². The second-order valence-corrected chi connectivity index (χ2v) is 5.97. The van der Waals surface area contributed by atoms with Crippen molar-refractivity contribution in [3.05, 3.63) is 54.1 Å². The standard InChI is InChI=1S/C19H19N3O6/c20-19(25)22-14(8-12-4-2-1-3-5-12)18(24)26-10-17(23)21-13-6-7-15-16(9-13)28-11-27-15/h1-7,9,14H,8,10-11H2,(H,21,23)(H3,20,22,25)/t14-/m0/s1. The minimum atomic E-state index is -1.00. The second-order valence-electron chi connectivity index (χ2n) is 5.97. The van der Waals surface area contributed by atoms with E-state index in [-0.39, 0.29) is 13.2 Å². The molecule has 0 spiro atoms. The van der Waals surface area contributed by atoms with E-state index in [1.54, 1.807) is 42.5 Å². The molecule has 2 aromatic rings. The molecule has 0 aromatic heterocycles. The first-order valence-corrected chi connectivity index (χ1v) is 8.47. The molecule has 0 aliphatic carbocycles. The number of carbonyl (C=O) groups is 3. The molecule has 3 rings (SSSR count). The minimum Gasteiger partial charge on any atom is -0.454 e. The largest absolute Gasteiger partial charge is 0.454 e. The lowest BCUT2D eigenvalue weighted by molar-refractivity contribution is -0.149. The third-order valence-electron chi connectivity index (χ3n) is 3.89. The molecule has 0 radical (unpaired) electrons. The average molecular weight is 385 g/mol. The summed E-state index contributed by atoms with van der Waals surface area (Å²) in [5, 5.41) is 4.92. The molecule has 4 N–H and O–H groups in total. The van der Waals surface area contributed by atoms with Gasteiger partial charge < -0.3 is 30.6 Å². The molecule has 9 nitrogen and oxygen atoms in total. The first-order chi connectivity index (χ1) is 13.5. The van der Waals surface area contributed by atoms with E-state index >= 15 is 0 Å². The van der Waals surface area contributed by atoms with Crippen LogP contribution in [0.4, 0.5) is 10.5 Å². The van der Waals surface area contributed by atoms with Crippen LogP contribution in [-0.2, 0) is 20.7 Å². The lowest BCUT2D eigenvalue weighted by Crippen LogP contribution is -2.46. The highest BCUT2D eigenvalue weighted by Crippen LogP contribution is 2.34. The van der Waals surface area contributed by atoms with Crippen LogP contribution in [-0.4, -0.2) is 37.3 Å². The number of nitrogens with two attached hydrogens (primary N) is 1. The van der Waals surface area contributed by atoms with Crippen molar-refractivity contribution in [1.29, 1.82) is 0 Å². The van der Waals surface area contributed by atoms with E-state index in [1.807, 2.05) is 6.07 Å². The molecular formula is C19H19N3O6. The molecule has 1 heterocycles. The van der Waals surface area contributed by atoms with Gasteiger partial charge in [0.05, 0.1) is 0 Å². The summed E-state index contributed by atoms with van der Waals surface area (Å²) in [6.45, 7) is -0.390. The van der Waals surface area contributed by atoms with Crippen LogP contribution in [0.2, 0.25) is 0 Å². The fourth-order valence-corrected chi connectivity index (χ4v) is 2.62. The van der Waals surface area contributed by atoms with Gasteiger partial charge >= 0.3 is 12.0 Å². The van der Waals surface area contributed by atoms with Gasteiger partial charge in [0, 0.05) is 18.2 Å². The Bertz CT molecular complexity index is 871. The number of urea groups is 1. The number of benzene rings is 2. The summed E-state index contributed by atoms with van der Waals surface area (Å²) in [4.78, 5) is 35.5. The van der Waals surface area contributed by atoms with Gasteiger partial charge in [0.2, 0.25) is 6.79 Å². The van der Waals surface area contributed by atoms with Gasteiger partial charge in [-0.25, -0.2) is 9.59 Å². The number of amides is 3. The number of hydrogen-bond donors (Lipinski definition) is 3. The highest BCUT2D eigenvalue weighted by atomic mass is 16.7. The number of hydrogen-bond acceptors (Lipinski definition) is 6. The van der Waals surface area contributed by atoms with Gasteiger partial charge in [-0.3, -0.25) is 4.79 Å². The number of fused-ring (bicyclic) bond motifs is 1. The topological polar surface area (TPSA) is 129 Å². The summed E-state index contributed by atoms with van der Waals surface area (Å²) >= 11 is 0. The van der Waals surface area contributed by atoms with Crippen molar-refractivity contribution in [1.82, 2.24) is 5.32 Å². The van der Waals surface area contributed by atoms with Gasteiger partial charge in [0.1, 0.15) is 6.04 Å². The molecule has 1 aliphatic rings. The van der Waals surface area contributed by atoms with Crippen molar-refractivity contribution in [2.45, 2.75) is 12.5 Å². The zero-order chi connectivity index (χ0) is 19.9. The normalized spacial score (nSPS) is 12.7. The van der Waals surface area contributed by atoms with Gasteiger partial charge in [-0.15, -0.1) is 0 Å². The Morgan fingerprint density at radius 3 is 2.57 bits per heavy atom. The van der Waals surface area contributed by atoms with Crippen molar-refractivity contribution in [2.75, 3.05) is 18.7 Å². The number of esters is 1. The number of primary amides is 1. The van der Waals surface area contributed by atoms with Crippen LogP contribution in [0.15, 0.2) is 48.5 Å².